The van der Waals surface area contributed by atoms with Crippen LogP contribution < -0.4 is 0 Å². The molecule has 0 amide bonds. The van der Waals surface area contributed by atoms with Gasteiger partial charge in [-0.3, -0.25) is 4.98 Å². The molecule has 1 heteroatoms. The van der Waals surface area contributed by atoms with E-state index in [1.165, 1.54) is 5.39 Å². The first-order chi connectivity index (χ1) is 9.86. The van der Waals surface area contributed by atoms with E-state index in [0.29, 0.717) is 0 Å². The Balaban J connectivity index is 1.96. The molecule has 2 aromatic carbocycles. The van der Waals surface area contributed by atoms with E-state index in [4.69, 9.17) is 6.42 Å². The Hall–Kier alpha value is -2.85. The zero-order chi connectivity index (χ0) is 13.8. The molecule has 0 aliphatic rings. The smallest absolute Gasteiger partial charge is 0.0708 e. The van der Waals surface area contributed by atoms with Gasteiger partial charge in [0.1, 0.15) is 0 Å². The van der Waals surface area contributed by atoms with Crippen LogP contribution in [0.15, 0.2) is 60.8 Å². The van der Waals surface area contributed by atoms with Crippen LogP contribution in [0.4, 0.5) is 0 Å². The average Bonchev–Trinajstić information content (AvgIpc) is 2.53. The number of benzene rings is 2. The van der Waals surface area contributed by atoms with Crippen molar-refractivity contribution in [1.82, 2.24) is 4.98 Å². The fourth-order valence-corrected chi connectivity index (χ4v) is 2.14. The zero-order valence-electron chi connectivity index (χ0n) is 11.0. The van der Waals surface area contributed by atoms with Crippen molar-refractivity contribution in [2.75, 3.05) is 0 Å². The third-order valence-electron chi connectivity index (χ3n) is 3.22. The number of hydrogen-bond donors (Lipinski definition) is 0. The van der Waals surface area contributed by atoms with E-state index in [-0.39, 0.29) is 0 Å². The molecule has 0 saturated carbocycles. The second-order valence-electron chi connectivity index (χ2n) is 4.52. The van der Waals surface area contributed by atoms with Crippen molar-refractivity contribution in [3.05, 3.63) is 77.6 Å². The maximum atomic E-state index is 5.35. The Morgan fingerprint density at radius 2 is 1.70 bits per heavy atom. The molecule has 1 heterocycles. The normalized spacial score (nSPS) is 10.8. The Morgan fingerprint density at radius 1 is 0.900 bits per heavy atom. The molecule has 94 valence electrons. The van der Waals surface area contributed by atoms with Gasteiger partial charge in [-0.25, -0.2) is 0 Å². The first-order valence-electron chi connectivity index (χ1n) is 6.45. The monoisotopic (exact) mass is 255 g/mol. The first-order valence-corrected chi connectivity index (χ1v) is 6.45. The van der Waals surface area contributed by atoms with E-state index in [2.05, 4.69) is 29.1 Å². The third kappa shape index (κ3) is 2.46. The highest BCUT2D eigenvalue weighted by Crippen LogP contribution is 2.18. The molecule has 0 radical (unpaired) electrons. The molecule has 0 spiro atoms. The molecule has 0 aliphatic heterocycles. The lowest BCUT2D eigenvalue weighted by Gasteiger charge is -2.00. The number of hydrogen-bond acceptors (Lipinski definition) is 1. The van der Waals surface area contributed by atoms with Crippen molar-refractivity contribution in [3.8, 4) is 12.3 Å². The number of fused-ring (bicyclic) bond motifs is 1. The molecule has 0 fully saturated rings. The highest BCUT2D eigenvalue weighted by molar-refractivity contribution is 5.91. The van der Waals surface area contributed by atoms with Crippen molar-refractivity contribution in [2.24, 2.45) is 0 Å². The summed E-state index contributed by atoms with van der Waals surface area (Å²) in [4.78, 5) is 4.44. The summed E-state index contributed by atoms with van der Waals surface area (Å²) in [5.74, 6) is 2.62. The lowest BCUT2D eigenvalue weighted by atomic mass is 10.1. The second-order valence-corrected chi connectivity index (χ2v) is 4.52. The SMILES string of the molecule is C#Cc1ccc(/C=C/c2nccc3ccccc23)cc1. The Labute approximate surface area is 118 Å². The van der Waals surface area contributed by atoms with E-state index in [1.807, 2.05) is 54.7 Å². The second kappa shape index (κ2) is 5.42. The quantitative estimate of drug-likeness (QED) is 0.619. The summed E-state index contributed by atoms with van der Waals surface area (Å²) in [5, 5.41) is 2.36. The average molecular weight is 255 g/mol. The number of rotatable bonds is 2. The topological polar surface area (TPSA) is 12.9 Å². The lowest BCUT2D eigenvalue weighted by molar-refractivity contribution is 1.33. The molecule has 0 bridgehead atoms. The minimum atomic E-state index is 0.894. The molecule has 3 rings (SSSR count). The standard InChI is InChI=1S/C19H13N/c1-2-15-7-9-16(10-8-15)11-12-19-18-6-4-3-5-17(18)13-14-20-19/h1,3-14H/b12-11+. The van der Waals surface area contributed by atoms with E-state index in [9.17, 15) is 0 Å². The number of terminal acetylenes is 1. The van der Waals surface area contributed by atoms with Gasteiger partial charge in [-0.15, -0.1) is 6.42 Å². The van der Waals surface area contributed by atoms with E-state index < -0.39 is 0 Å². The van der Waals surface area contributed by atoms with Gasteiger partial charge in [-0.1, -0.05) is 48.4 Å². The highest BCUT2D eigenvalue weighted by Gasteiger charge is 1.97. The van der Waals surface area contributed by atoms with Crippen molar-refractivity contribution < 1.29 is 0 Å². The van der Waals surface area contributed by atoms with Gasteiger partial charge in [0.25, 0.3) is 0 Å². The van der Waals surface area contributed by atoms with Crippen LogP contribution in [0.25, 0.3) is 22.9 Å². The predicted octanol–water partition coefficient (Wildman–Crippen LogP) is 4.39. The van der Waals surface area contributed by atoms with Crippen LogP contribution in [-0.2, 0) is 0 Å². The first kappa shape index (κ1) is 12.2. The minimum absolute atomic E-state index is 0.894. The molecule has 0 atom stereocenters. The Kier molecular flexibility index (Phi) is 3.31. The van der Waals surface area contributed by atoms with Gasteiger partial charge < -0.3 is 0 Å². The Morgan fingerprint density at radius 3 is 2.50 bits per heavy atom. The third-order valence-corrected chi connectivity index (χ3v) is 3.22. The van der Waals surface area contributed by atoms with Gasteiger partial charge in [0.2, 0.25) is 0 Å². The van der Waals surface area contributed by atoms with Crippen LogP contribution in [-0.4, -0.2) is 4.98 Å². The maximum Gasteiger partial charge on any atom is 0.0708 e. The van der Waals surface area contributed by atoms with Crippen LogP contribution >= 0.6 is 0 Å². The van der Waals surface area contributed by atoms with E-state index in [1.54, 1.807) is 0 Å². The van der Waals surface area contributed by atoms with Gasteiger partial charge in [0.05, 0.1) is 5.69 Å². The van der Waals surface area contributed by atoms with Gasteiger partial charge >= 0.3 is 0 Å². The number of pyridine rings is 1. The molecule has 1 nitrogen and oxygen atoms in total. The molecule has 0 unspecified atom stereocenters. The van der Waals surface area contributed by atoms with Crippen LogP contribution in [0.1, 0.15) is 16.8 Å². The van der Waals surface area contributed by atoms with Gasteiger partial charge in [-0.2, -0.15) is 0 Å². The van der Waals surface area contributed by atoms with Crippen LogP contribution in [0.3, 0.4) is 0 Å². The number of aromatic nitrogens is 1. The summed E-state index contributed by atoms with van der Waals surface area (Å²) in [6.45, 7) is 0. The molecular weight excluding hydrogens is 242 g/mol. The Bertz CT molecular complexity index is 800. The summed E-state index contributed by atoms with van der Waals surface area (Å²) in [6, 6.07) is 18.2. The fourth-order valence-electron chi connectivity index (χ4n) is 2.14. The summed E-state index contributed by atoms with van der Waals surface area (Å²) >= 11 is 0. The summed E-state index contributed by atoms with van der Waals surface area (Å²) in [7, 11) is 0. The maximum absolute atomic E-state index is 5.35. The molecule has 0 saturated heterocycles. The lowest BCUT2D eigenvalue weighted by Crippen LogP contribution is -1.83. The highest BCUT2D eigenvalue weighted by atomic mass is 14.7. The summed E-state index contributed by atoms with van der Waals surface area (Å²) in [5.41, 5.74) is 2.98. The predicted molar refractivity (Wildman–Crippen MR) is 85.0 cm³/mol. The molecule has 3 aromatic rings. The fraction of sp³-hybridized carbons (Fsp3) is 0. The van der Waals surface area contributed by atoms with Crippen molar-refractivity contribution in [1.29, 1.82) is 0 Å². The largest absolute Gasteiger partial charge is 0.256 e. The van der Waals surface area contributed by atoms with Crippen molar-refractivity contribution in [2.45, 2.75) is 0 Å². The summed E-state index contributed by atoms with van der Waals surface area (Å²) in [6.07, 6.45) is 11.3. The molecule has 0 N–H and O–H groups in total. The van der Waals surface area contributed by atoms with Crippen LogP contribution in [0, 0.1) is 12.3 Å². The zero-order valence-corrected chi connectivity index (χ0v) is 11.0. The molecule has 0 aliphatic carbocycles. The number of nitrogens with zero attached hydrogens (tertiary/aromatic N) is 1. The molecule has 20 heavy (non-hydrogen) atoms. The summed E-state index contributed by atoms with van der Waals surface area (Å²) < 4.78 is 0. The van der Waals surface area contributed by atoms with Crippen LogP contribution in [0.2, 0.25) is 0 Å². The van der Waals surface area contributed by atoms with E-state index >= 15 is 0 Å². The van der Waals surface area contributed by atoms with Gasteiger partial charge in [-0.05, 0) is 35.2 Å². The van der Waals surface area contributed by atoms with Crippen molar-refractivity contribution >= 4 is 22.9 Å². The molecular formula is C19H13N. The molecule has 1 aromatic heterocycles. The minimum Gasteiger partial charge on any atom is -0.256 e. The van der Waals surface area contributed by atoms with Crippen molar-refractivity contribution in [3.63, 3.8) is 0 Å². The van der Waals surface area contributed by atoms with Crippen LogP contribution in [0.5, 0.6) is 0 Å². The van der Waals surface area contributed by atoms with E-state index in [0.717, 1.165) is 22.2 Å². The van der Waals surface area contributed by atoms with Gasteiger partial charge in [0, 0.05) is 17.1 Å². The van der Waals surface area contributed by atoms with Gasteiger partial charge in [0.15, 0.2) is 0 Å².